The van der Waals surface area contributed by atoms with E-state index in [9.17, 15) is 0 Å². The van der Waals surface area contributed by atoms with Crippen LogP contribution in [0.1, 0.15) is 27.2 Å². The van der Waals surface area contributed by atoms with Crippen molar-refractivity contribution in [3.63, 3.8) is 0 Å². The summed E-state index contributed by atoms with van der Waals surface area (Å²) in [5.41, 5.74) is 6.44. The zero-order chi connectivity index (χ0) is 14.1. The topological polar surface area (TPSA) is 60.6 Å². The zero-order valence-corrected chi connectivity index (χ0v) is 12.2. The molecule has 0 amide bonds. The molecule has 5 nitrogen and oxygen atoms in total. The maximum absolute atomic E-state index is 5.86. The molecule has 0 aliphatic rings. The molecule has 0 bridgehead atoms. The van der Waals surface area contributed by atoms with Gasteiger partial charge in [-0.2, -0.15) is 4.98 Å². The van der Waals surface area contributed by atoms with Crippen LogP contribution in [0.3, 0.4) is 0 Å². The number of hydrogen-bond donors (Lipinski definition) is 1. The van der Waals surface area contributed by atoms with Crippen molar-refractivity contribution < 1.29 is 9.47 Å². The Morgan fingerprint density at radius 3 is 2.63 bits per heavy atom. The third-order valence-electron chi connectivity index (χ3n) is 2.73. The molecule has 0 aromatic carbocycles. The first-order valence-electron chi connectivity index (χ1n) is 6.94. The van der Waals surface area contributed by atoms with Crippen LogP contribution in [0, 0.1) is 0 Å². The van der Waals surface area contributed by atoms with Gasteiger partial charge in [-0.3, -0.25) is 0 Å². The second-order valence-corrected chi connectivity index (χ2v) is 4.19. The molecule has 5 heteroatoms. The molecule has 0 aliphatic heterocycles. The van der Waals surface area contributed by atoms with E-state index in [-0.39, 0.29) is 0 Å². The summed E-state index contributed by atoms with van der Waals surface area (Å²) in [7, 11) is 0. The smallest absolute Gasteiger partial charge is 0.239 e. The zero-order valence-electron chi connectivity index (χ0n) is 12.2. The van der Waals surface area contributed by atoms with Crippen molar-refractivity contribution >= 4 is 11.5 Å². The third kappa shape index (κ3) is 4.95. The minimum atomic E-state index is 0.522. The quantitative estimate of drug-likeness (QED) is 0.696. The van der Waals surface area contributed by atoms with E-state index in [1.54, 1.807) is 0 Å². The van der Waals surface area contributed by atoms with Gasteiger partial charge in [0, 0.05) is 19.7 Å². The van der Waals surface area contributed by atoms with Crippen LogP contribution in [-0.4, -0.2) is 37.9 Å². The minimum Gasteiger partial charge on any atom is -0.476 e. The van der Waals surface area contributed by atoms with Crippen molar-refractivity contribution in [1.29, 1.82) is 0 Å². The fourth-order valence-electron chi connectivity index (χ4n) is 1.69. The predicted molar refractivity (Wildman–Crippen MR) is 78.8 cm³/mol. The second kappa shape index (κ2) is 8.58. The molecule has 0 atom stereocenters. The largest absolute Gasteiger partial charge is 0.476 e. The van der Waals surface area contributed by atoms with Crippen molar-refractivity contribution in [3.05, 3.63) is 12.1 Å². The molecule has 0 unspecified atom stereocenters. The van der Waals surface area contributed by atoms with Crippen molar-refractivity contribution in [3.8, 4) is 5.88 Å². The first kappa shape index (κ1) is 15.6. The highest BCUT2D eigenvalue weighted by Gasteiger charge is 2.09. The first-order valence-corrected chi connectivity index (χ1v) is 6.94. The molecular weight excluding hydrogens is 242 g/mol. The number of ether oxygens (including phenoxy) is 2. The number of nitrogen functional groups attached to an aromatic ring is 1. The third-order valence-corrected chi connectivity index (χ3v) is 2.73. The van der Waals surface area contributed by atoms with Crippen molar-refractivity contribution in [2.45, 2.75) is 27.2 Å². The van der Waals surface area contributed by atoms with Crippen molar-refractivity contribution in [2.75, 3.05) is 43.5 Å². The molecule has 108 valence electrons. The Balaban J connectivity index is 2.73. The Morgan fingerprint density at radius 2 is 2.00 bits per heavy atom. The first-order chi connectivity index (χ1) is 9.22. The van der Waals surface area contributed by atoms with E-state index >= 15 is 0 Å². The summed E-state index contributed by atoms with van der Waals surface area (Å²) in [5, 5.41) is 0. The van der Waals surface area contributed by atoms with E-state index < -0.39 is 0 Å². The van der Waals surface area contributed by atoms with Crippen LogP contribution in [0.15, 0.2) is 12.1 Å². The second-order valence-electron chi connectivity index (χ2n) is 4.19. The maximum Gasteiger partial charge on any atom is 0.239 e. The van der Waals surface area contributed by atoms with Gasteiger partial charge in [-0.05, 0) is 32.4 Å². The van der Waals surface area contributed by atoms with Gasteiger partial charge in [0.05, 0.1) is 18.9 Å². The van der Waals surface area contributed by atoms with Gasteiger partial charge >= 0.3 is 0 Å². The number of nitrogens with two attached hydrogens (primary N) is 1. The lowest BCUT2D eigenvalue weighted by Crippen LogP contribution is -2.28. The molecule has 0 saturated carbocycles. The predicted octanol–water partition coefficient (Wildman–Crippen LogP) is 2.32. The van der Waals surface area contributed by atoms with Gasteiger partial charge in [-0.25, -0.2) is 0 Å². The van der Waals surface area contributed by atoms with E-state index in [0.717, 1.165) is 31.9 Å². The van der Waals surface area contributed by atoms with E-state index in [0.29, 0.717) is 24.8 Å². The van der Waals surface area contributed by atoms with Gasteiger partial charge in [-0.15, -0.1) is 0 Å². The number of rotatable bonds is 9. The Morgan fingerprint density at radius 1 is 1.21 bits per heavy atom. The van der Waals surface area contributed by atoms with Crippen molar-refractivity contribution in [1.82, 2.24) is 4.98 Å². The average Bonchev–Trinajstić information content (AvgIpc) is 2.43. The Kier molecular flexibility index (Phi) is 7.03. The van der Waals surface area contributed by atoms with Crippen LogP contribution >= 0.6 is 0 Å². The Hall–Kier alpha value is -1.49. The summed E-state index contributed by atoms with van der Waals surface area (Å²) in [6, 6.07) is 3.76. The lowest BCUT2D eigenvalue weighted by Gasteiger charge is -2.22. The molecule has 0 radical (unpaired) electrons. The SMILES string of the molecule is CCCOc1nc(N(CC)CCOCC)ccc1N. The van der Waals surface area contributed by atoms with Crippen LogP contribution in [0.2, 0.25) is 0 Å². The summed E-state index contributed by atoms with van der Waals surface area (Å²) in [4.78, 5) is 6.63. The van der Waals surface area contributed by atoms with E-state index in [4.69, 9.17) is 15.2 Å². The highest BCUT2D eigenvalue weighted by atomic mass is 16.5. The standard InChI is InChI=1S/C14H25N3O2/c1-4-10-19-14-12(15)7-8-13(16-14)17(5-2)9-11-18-6-3/h7-8H,4-6,9-11,15H2,1-3H3. The fraction of sp³-hybridized carbons (Fsp3) is 0.643. The van der Waals surface area contributed by atoms with E-state index in [1.165, 1.54) is 0 Å². The highest BCUT2D eigenvalue weighted by molar-refractivity contribution is 5.54. The van der Waals surface area contributed by atoms with Gasteiger partial charge in [0.25, 0.3) is 0 Å². The fourth-order valence-corrected chi connectivity index (χ4v) is 1.69. The number of anilines is 2. The van der Waals surface area contributed by atoms with Crippen LogP contribution in [0.4, 0.5) is 11.5 Å². The lowest BCUT2D eigenvalue weighted by molar-refractivity contribution is 0.154. The summed E-state index contributed by atoms with van der Waals surface area (Å²) in [6.07, 6.45) is 0.938. The van der Waals surface area contributed by atoms with E-state index in [1.807, 2.05) is 19.1 Å². The monoisotopic (exact) mass is 267 g/mol. The summed E-state index contributed by atoms with van der Waals surface area (Å²) in [5.74, 6) is 1.40. The van der Waals surface area contributed by atoms with Gasteiger partial charge < -0.3 is 20.1 Å². The van der Waals surface area contributed by atoms with Gasteiger partial charge in [-0.1, -0.05) is 6.92 Å². The molecule has 0 aliphatic carbocycles. The molecule has 2 N–H and O–H groups in total. The molecule has 1 aromatic rings. The number of aromatic nitrogens is 1. The van der Waals surface area contributed by atoms with Gasteiger partial charge in [0.15, 0.2) is 0 Å². The molecule has 0 spiro atoms. The molecule has 1 heterocycles. The van der Waals surface area contributed by atoms with Crippen LogP contribution in [-0.2, 0) is 4.74 Å². The van der Waals surface area contributed by atoms with E-state index in [2.05, 4.69) is 23.7 Å². The van der Waals surface area contributed by atoms with Gasteiger partial charge in [0.2, 0.25) is 5.88 Å². The number of pyridine rings is 1. The molecule has 1 aromatic heterocycles. The number of likely N-dealkylation sites (N-methyl/N-ethyl adjacent to an activating group) is 1. The number of hydrogen-bond acceptors (Lipinski definition) is 5. The van der Waals surface area contributed by atoms with Crippen LogP contribution < -0.4 is 15.4 Å². The summed E-state index contributed by atoms with van der Waals surface area (Å²) in [6.45, 7) is 9.89. The van der Waals surface area contributed by atoms with Crippen LogP contribution in [0.5, 0.6) is 5.88 Å². The average molecular weight is 267 g/mol. The van der Waals surface area contributed by atoms with Gasteiger partial charge in [0.1, 0.15) is 5.82 Å². The molecular formula is C14H25N3O2. The molecule has 1 rings (SSSR count). The highest BCUT2D eigenvalue weighted by Crippen LogP contribution is 2.23. The normalized spacial score (nSPS) is 10.5. The number of nitrogens with zero attached hydrogens (tertiary/aromatic N) is 2. The molecule has 0 fully saturated rings. The summed E-state index contributed by atoms with van der Waals surface area (Å²) >= 11 is 0. The molecule has 0 saturated heterocycles. The minimum absolute atomic E-state index is 0.522. The Labute approximate surface area is 115 Å². The maximum atomic E-state index is 5.86. The van der Waals surface area contributed by atoms with Crippen molar-refractivity contribution in [2.24, 2.45) is 0 Å². The lowest BCUT2D eigenvalue weighted by atomic mass is 10.3. The molecule has 19 heavy (non-hydrogen) atoms. The Bertz CT molecular complexity index is 372. The summed E-state index contributed by atoms with van der Waals surface area (Å²) < 4.78 is 10.9. The van der Waals surface area contributed by atoms with Crippen LogP contribution in [0.25, 0.3) is 0 Å².